The van der Waals surface area contributed by atoms with E-state index in [2.05, 4.69) is 25.6 Å². The molecule has 0 aliphatic heterocycles. The molecule has 0 aliphatic rings. The molecule has 3 aromatic heterocycles. The van der Waals surface area contributed by atoms with Gasteiger partial charge in [0, 0.05) is 23.2 Å². The lowest BCUT2D eigenvalue weighted by Crippen LogP contribution is -2.36. The van der Waals surface area contributed by atoms with Crippen molar-refractivity contribution in [1.82, 2.24) is 30.3 Å². The van der Waals surface area contributed by atoms with E-state index in [0.29, 0.717) is 28.5 Å². The number of halogens is 1. The van der Waals surface area contributed by atoms with Crippen LogP contribution in [0.4, 0.5) is 0 Å². The summed E-state index contributed by atoms with van der Waals surface area (Å²) in [5, 5.41) is 26.7. The number of thiazole rings is 1. The molecule has 8 nitrogen and oxygen atoms in total. The Morgan fingerprint density at radius 1 is 1.35 bits per heavy atom. The maximum atomic E-state index is 12.5. The Morgan fingerprint density at radius 3 is 2.90 bits per heavy atom. The van der Waals surface area contributed by atoms with Crippen molar-refractivity contribution in [2.75, 3.05) is 0 Å². The number of carbonyl (C=O) groups is 1. The molecule has 1 atom stereocenters. The Hall–Kier alpha value is -3.48. The third-order valence-corrected chi connectivity index (χ3v) is 5.66. The van der Waals surface area contributed by atoms with Crippen LogP contribution in [-0.4, -0.2) is 36.9 Å². The van der Waals surface area contributed by atoms with Crippen molar-refractivity contribution in [3.05, 3.63) is 63.2 Å². The minimum absolute atomic E-state index is 0.175. The van der Waals surface area contributed by atoms with Gasteiger partial charge >= 0.3 is 0 Å². The highest BCUT2D eigenvalue weighted by Gasteiger charge is 2.16. The molecule has 156 valence electrons. The zero-order valence-corrected chi connectivity index (χ0v) is 18.3. The molecule has 4 aromatic rings. The maximum Gasteiger partial charge on any atom is 0.272 e. The summed E-state index contributed by atoms with van der Waals surface area (Å²) in [6, 6.07) is 10.6. The topological polar surface area (TPSA) is 112 Å². The van der Waals surface area contributed by atoms with Crippen LogP contribution in [0.15, 0.2) is 41.9 Å². The van der Waals surface area contributed by atoms with E-state index < -0.39 is 0 Å². The van der Waals surface area contributed by atoms with E-state index >= 15 is 0 Å². The molecule has 1 amide bonds. The van der Waals surface area contributed by atoms with Crippen LogP contribution in [-0.2, 0) is 6.54 Å². The molecule has 1 unspecified atom stereocenters. The second-order valence-corrected chi connectivity index (χ2v) is 8.49. The molecule has 10 heteroatoms. The molecule has 0 bridgehead atoms. The number of nitrogens with zero attached hydrogens (tertiary/aromatic N) is 5. The number of rotatable bonds is 6. The van der Waals surface area contributed by atoms with E-state index in [-0.39, 0.29) is 11.9 Å². The van der Waals surface area contributed by atoms with Crippen molar-refractivity contribution in [3.63, 3.8) is 0 Å². The van der Waals surface area contributed by atoms with Gasteiger partial charge in [-0.15, -0.1) is 11.3 Å². The quantitative estimate of drug-likeness (QED) is 0.459. The van der Waals surface area contributed by atoms with Crippen LogP contribution in [0, 0.1) is 18.3 Å². The van der Waals surface area contributed by atoms with Gasteiger partial charge in [0.25, 0.3) is 5.91 Å². The van der Waals surface area contributed by atoms with E-state index in [4.69, 9.17) is 16.9 Å². The number of nitrogens with one attached hydrogen (secondary N) is 2. The van der Waals surface area contributed by atoms with Gasteiger partial charge in [-0.25, -0.2) is 4.98 Å². The molecule has 1 aromatic carbocycles. The van der Waals surface area contributed by atoms with Crippen molar-refractivity contribution < 1.29 is 4.79 Å². The molecule has 4 rings (SSSR count). The predicted molar refractivity (Wildman–Crippen MR) is 119 cm³/mol. The van der Waals surface area contributed by atoms with Crippen molar-refractivity contribution in [3.8, 4) is 28.7 Å². The largest absolute Gasteiger partial charge is 0.346 e. The lowest BCUT2D eigenvalue weighted by atomic mass is 10.1. The van der Waals surface area contributed by atoms with Gasteiger partial charge in [-0.2, -0.15) is 15.5 Å². The van der Waals surface area contributed by atoms with Gasteiger partial charge in [-0.05, 0) is 38.1 Å². The molecule has 0 radical (unpaired) electrons. The first kappa shape index (κ1) is 20.8. The molecule has 3 heterocycles. The van der Waals surface area contributed by atoms with Crippen LogP contribution in [0.2, 0.25) is 5.02 Å². The maximum absolute atomic E-state index is 12.5. The second kappa shape index (κ2) is 8.71. The standard InChI is InChI=1S/C21H18ClN7OS/c1-12(24-21(30)19-8-18(26-27-19)20-11-31-13(2)25-20)10-29-6-5-17(28-29)14-3-4-15(9-23)16(22)7-14/h3-8,11-12H,10H2,1-2H3,(H,24,30)(H,26,27). The van der Waals surface area contributed by atoms with Crippen LogP contribution in [0.5, 0.6) is 0 Å². The van der Waals surface area contributed by atoms with Crippen molar-refractivity contribution in [2.24, 2.45) is 0 Å². The fourth-order valence-electron chi connectivity index (χ4n) is 3.06. The molecule has 2 N–H and O–H groups in total. The van der Waals surface area contributed by atoms with Gasteiger partial charge in [-0.1, -0.05) is 17.7 Å². The molecular formula is C21H18ClN7OS. The number of carbonyl (C=O) groups excluding carboxylic acids is 1. The molecule has 0 aliphatic carbocycles. The van der Waals surface area contributed by atoms with Gasteiger partial charge in [0.1, 0.15) is 6.07 Å². The molecule has 0 saturated heterocycles. The SMILES string of the molecule is Cc1nc(-c2cc(C(=O)NC(C)Cn3ccc(-c4ccc(C#N)c(Cl)c4)n3)n[nH]2)cs1. The number of hydrogen-bond acceptors (Lipinski definition) is 6. The average Bonchev–Trinajstić information content (AvgIpc) is 3.48. The van der Waals surface area contributed by atoms with Crippen LogP contribution < -0.4 is 5.32 Å². The second-order valence-electron chi connectivity index (χ2n) is 7.02. The minimum Gasteiger partial charge on any atom is -0.346 e. The number of aryl methyl sites for hydroxylation is 1. The molecule has 0 saturated carbocycles. The van der Waals surface area contributed by atoms with Crippen LogP contribution in [0.1, 0.15) is 28.0 Å². The first-order valence-corrected chi connectivity index (χ1v) is 10.7. The number of hydrogen-bond donors (Lipinski definition) is 2. The highest BCUT2D eigenvalue weighted by atomic mass is 35.5. The summed E-state index contributed by atoms with van der Waals surface area (Å²) in [6.45, 7) is 4.31. The number of amides is 1. The summed E-state index contributed by atoms with van der Waals surface area (Å²) >= 11 is 7.65. The van der Waals surface area contributed by atoms with Crippen LogP contribution in [0.25, 0.3) is 22.6 Å². The number of benzene rings is 1. The van der Waals surface area contributed by atoms with Gasteiger partial charge < -0.3 is 5.32 Å². The molecule has 0 spiro atoms. The lowest BCUT2D eigenvalue weighted by molar-refractivity contribution is 0.0931. The molecule has 31 heavy (non-hydrogen) atoms. The third kappa shape index (κ3) is 4.66. The van der Waals surface area contributed by atoms with Gasteiger partial charge in [0.05, 0.1) is 39.2 Å². The van der Waals surface area contributed by atoms with E-state index in [1.54, 1.807) is 40.3 Å². The Morgan fingerprint density at radius 2 is 2.19 bits per heavy atom. The van der Waals surface area contributed by atoms with E-state index in [1.165, 1.54) is 0 Å². The smallest absolute Gasteiger partial charge is 0.272 e. The lowest BCUT2D eigenvalue weighted by Gasteiger charge is -2.13. The van der Waals surface area contributed by atoms with Crippen LogP contribution >= 0.6 is 22.9 Å². The average molecular weight is 452 g/mol. The summed E-state index contributed by atoms with van der Waals surface area (Å²) in [7, 11) is 0. The predicted octanol–water partition coefficient (Wildman–Crippen LogP) is 4.05. The van der Waals surface area contributed by atoms with Crippen LogP contribution in [0.3, 0.4) is 0 Å². The highest BCUT2D eigenvalue weighted by molar-refractivity contribution is 7.09. The number of nitriles is 1. The minimum atomic E-state index is -0.270. The van der Waals surface area contributed by atoms with Gasteiger partial charge in [0.15, 0.2) is 5.69 Å². The Kier molecular flexibility index (Phi) is 5.84. The first-order valence-electron chi connectivity index (χ1n) is 9.45. The summed E-state index contributed by atoms with van der Waals surface area (Å²) in [5.41, 5.74) is 3.77. The van der Waals surface area contributed by atoms with Crippen molar-refractivity contribution in [2.45, 2.75) is 26.4 Å². The fraction of sp³-hybridized carbons (Fsp3) is 0.190. The Labute approximate surface area is 187 Å². The van der Waals surface area contributed by atoms with Gasteiger partial charge in [0.2, 0.25) is 0 Å². The summed E-state index contributed by atoms with van der Waals surface area (Å²) < 4.78 is 1.75. The Balaban J connectivity index is 1.39. The highest BCUT2D eigenvalue weighted by Crippen LogP contribution is 2.24. The monoisotopic (exact) mass is 451 g/mol. The Bertz CT molecular complexity index is 1280. The molecular weight excluding hydrogens is 434 g/mol. The zero-order chi connectivity index (χ0) is 22.0. The van der Waals surface area contributed by atoms with E-state index in [1.807, 2.05) is 37.6 Å². The summed E-state index contributed by atoms with van der Waals surface area (Å²) in [5.74, 6) is -0.270. The number of aromatic amines is 1. The third-order valence-electron chi connectivity index (χ3n) is 4.57. The number of aromatic nitrogens is 5. The van der Waals surface area contributed by atoms with E-state index in [9.17, 15) is 4.79 Å². The van der Waals surface area contributed by atoms with Gasteiger partial charge in [-0.3, -0.25) is 14.6 Å². The number of H-pyrrole nitrogens is 1. The normalized spacial score (nSPS) is 11.8. The van der Waals surface area contributed by atoms with E-state index in [0.717, 1.165) is 22.0 Å². The first-order chi connectivity index (χ1) is 14.9. The van der Waals surface area contributed by atoms with Crippen molar-refractivity contribution >= 4 is 28.8 Å². The summed E-state index contributed by atoms with van der Waals surface area (Å²) in [4.78, 5) is 16.9. The van der Waals surface area contributed by atoms with Crippen molar-refractivity contribution in [1.29, 1.82) is 5.26 Å². The summed E-state index contributed by atoms with van der Waals surface area (Å²) in [6.07, 6.45) is 1.83. The molecule has 0 fully saturated rings. The zero-order valence-electron chi connectivity index (χ0n) is 16.8. The fourth-order valence-corrected chi connectivity index (χ4v) is 3.90.